The average Bonchev–Trinajstić information content (AvgIpc) is 2.67. The van der Waals surface area contributed by atoms with Crippen molar-refractivity contribution in [2.24, 2.45) is 0 Å². The molecule has 7 heteroatoms. The molecule has 5 nitrogen and oxygen atoms in total. The van der Waals surface area contributed by atoms with Gasteiger partial charge in [0.2, 0.25) is 5.91 Å². The third kappa shape index (κ3) is 5.88. The number of ether oxygens (including phenoxy) is 1. The van der Waals surface area contributed by atoms with Crippen LogP contribution in [0.5, 0.6) is 5.75 Å². The van der Waals surface area contributed by atoms with Crippen LogP contribution in [0, 0.1) is 6.92 Å². The van der Waals surface area contributed by atoms with Crippen molar-refractivity contribution in [3.05, 3.63) is 63.6 Å². The molecule has 0 aliphatic rings. The molecule has 0 heterocycles. The van der Waals surface area contributed by atoms with Crippen LogP contribution >= 0.6 is 23.2 Å². The highest BCUT2D eigenvalue weighted by atomic mass is 35.5. The van der Waals surface area contributed by atoms with E-state index in [9.17, 15) is 9.59 Å². The molecule has 0 bridgehead atoms. The molecule has 0 unspecified atom stereocenters. The lowest BCUT2D eigenvalue weighted by atomic mass is 10.1. The molecule has 2 aromatic carbocycles. The van der Waals surface area contributed by atoms with E-state index in [-0.39, 0.29) is 25.0 Å². The molecule has 0 aliphatic heterocycles. The lowest BCUT2D eigenvalue weighted by Gasteiger charge is -2.28. The van der Waals surface area contributed by atoms with Crippen molar-refractivity contribution in [3.8, 4) is 5.75 Å². The van der Waals surface area contributed by atoms with Crippen molar-refractivity contribution in [2.75, 3.05) is 13.7 Å². The first-order valence-corrected chi connectivity index (χ1v) is 9.22. The van der Waals surface area contributed by atoms with Crippen LogP contribution in [0.2, 0.25) is 10.0 Å². The van der Waals surface area contributed by atoms with Gasteiger partial charge in [0, 0.05) is 13.6 Å². The lowest BCUT2D eigenvalue weighted by molar-refractivity contribution is -0.142. The zero-order valence-electron chi connectivity index (χ0n) is 15.5. The van der Waals surface area contributed by atoms with Crippen molar-refractivity contribution < 1.29 is 14.3 Å². The van der Waals surface area contributed by atoms with Gasteiger partial charge in [0.05, 0.1) is 10.0 Å². The van der Waals surface area contributed by atoms with E-state index in [1.54, 1.807) is 37.3 Å². The van der Waals surface area contributed by atoms with Gasteiger partial charge in [0.1, 0.15) is 11.8 Å². The van der Waals surface area contributed by atoms with Crippen LogP contribution in [0.15, 0.2) is 42.5 Å². The van der Waals surface area contributed by atoms with E-state index in [0.29, 0.717) is 15.8 Å². The third-order valence-corrected chi connectivity index (χ3v) is 4.87. The minimum absolute atomic E-state index is 0.175. The van der Waals surface area contributed by atoms with Gasteiger partial charge in [0.25, 0.3) is 5.91 Å². The number of amides is 2. The summed E-state index contributed by atoms with van der Waals surface area (Å²) in [4.78, 5) is 26.3. The predicted octanol–water partition coefficient (Wildman–Crippen LogP) is 3.84. The number of hydrogen-bond acceptors (Lipinski definition) is 3. The Bertz CT molecular complexity index is 809. The lowest BCUT2D eigenvalue weighted by Crippen LogP contribution is -2.48. The number of likely N-dealkylation sites (N-methyl/N-ethyl adjacent to an activating group) is 1. The highest BCUT2D eigenvalue weighted by Gasteiger charge is 2.26. The molecule has 2 aromatic rings. The molecule has 27 heavy (non-hydrogen) atoms. The van der Waals surface area contributed by atoms with E-state index in [1.165, 1.54) is 11.9 Å². The van der Waals surface area contributed by atoms with Gasteiger partial charge >= 0.3 is 0 Å². The maximum Gasteiger partial charge on any atom is 0.261 e. The number of nitrogens with zero attached hydrogens (tertiary/aromatic N) is 1. The Labute approximate surface area is 169 Å². The topological polar surface area (TPSA) is 58.6 Å². The molecule has 1 atom stereocenters. The molecule has 0 saturated carbocycles. The van der Waals surface area contributed by atoms with Gasteiger partial charge in [-0.1, -0.05) is 47.0 Å². The molecule has 0 saturated heterocycles. The van der Waals surface area contributed by atoms with Crippen LogP contribution in [-0.4, -0.2) is 36.4 Å². The monoisotopic (exact) mass is 408 g/mol. The molecule has 0 aliphatic carbocycles. The molecule has 2 amide bonds. The summed E-state index contributed by atoms with van der Waals surface area (Å²) in [5.74, 6) is 0.0209. The Morgan fingerprint density at radius 3 is 2.37 bits per heavy atom. The molecule has 2 rings (SSSR count). The van der Waals surface area contributed by atoms with E-state index in [1.807, 2.05) is 19.1 Å². The van der Waals surface area contributed by atoms with Crippen LogP contribution in [0.1, 0.15) is 18.1 Å². The smallest absolute Gasteiger partial charge is 0.261 e. The summed E-state index contributed by atoms with van der Waals surface area (Å²) in [5, 5.41) is 3.39. The van der Waals surface area contributed by atoms with E-state index < -0.39 is 6.04 Å². The predicted molar refractivity (Wildman–Crippen MR) is 107 cm³/mol. The second-order valence-electron chi connectivity index (χ2n) is 6.16. The summed E-state index contributed by atoms with van der Waals surface area (Å²) < 4.78 is 5.58. The largest absolute Gasteiger partial charge is 0.484 e. The van der Waals surface area contributed by atoms with Crippen LogP contribution in [0.4, 0.5) is 0 Å². The summed E-state index contributed by atoms with van der Waals surface area (Å²) in [5.41, 5.74) is 1.87. The fraction of sp³-hybridized carbons (Fsp3) is 0.300. The number of hydrogen-bond donors (Lipinski definition) is 1. The highest BCUT2D eigenvalue weighted by molar-refractivity contribution is 6.42. The van der Waals surface area contributed by atoms with Crippen LogP contribution in [-0.2, 0) is 16.1 Å². The van der Waals surface area contributed by atoms with Crippen LogP contribution in [0.25, 0.3) is 0 Å². The van der Waals surface area contributed by atoms with Crippen LogP contribution < -0.4 is 10.1 Å². The standard InChI is InChI=1S/C20H22Cl2N2O3/c1-13-4-7-16(8-5-13)27-12-19(25)24(14(2)20(26)23-3)11-15-6-9-17(21)18(22)10-15/h4-10,14H,11-12H2,1-3H3,(H,23,26)/t14-/m1/s1. The minimum Gasteiger partial charge on any atom is -0.484 e. The van der Waals surface area contributed by atoms with Crippen molar-refractivity contribution in [3.63, 3.8) is 0 Å². The van der Waals surface area contributed by atoms with Crippen molar-refractivity contribution in [1.82, 2.24) is 10.2 Å². The van der Waals surface area contributed by atoms with E-state index >= 15 is 0 Å². The van der Waals surface area contributed by atoms with Gasteiger partial charge in [-0.2, -0.15) is 0 Å². The molecule has 0 fully saturated rings. The number of rotatable bonds is 7. The van der Waals surface area contributed by atoms with E-state index in [2.05, 4.69) is 5.32 Å². The molecule has 144 valence electrons. The van der Waals surface area contributed by atoms with Crippen molar-refractivity contribution in [2.45, 2.75) is 26.4 Å². The van der Waals surface area contributed by atoms with Gasteiger partial charge < -0.3 is 15.0 Å². The Morgan fingerprint density at radius 2 is 1.78 bits per heavy atom. The molecule has 0 aromatic heterocycles. The van der Waals surface area contributed by atoms with E-state index in [4.69, 9.17) is 27.9 Å². The second kappa shape index (κ2) is 9.62. The summed E-state index contributed by atoms with van der Waals surface area (Å²) in [6, 6.07) is 11.9. The maximum absolute atomic E-state index is 12.8. The van der Waals surface area contributed by atoms with Gasteiger partial charge in [-0.25, -0.2) is 0 Å². The SMILES string of the molecule is CNC(=O)[C@@H](C)N(Cc1ccc(Cl)c(Cl)c1)C(=O)COc1ccc(C)cc1. The van der Waals surface area contributed by atoms with Crippen molar-refractivity contribution >= 4 is 35.0 Å². The average molecular weight is 409 g/mol. The molecular weight excluding hydrogens is 387 g/mol. The first kappa shape index (κ1) is 21.1. The second-order valence-corrected chi connectivity index (χ2v) is 6.98. The number of benzene rings is 2. The van der Waals surface area contributed by atoms with Gasteiger partial charge in [0.15, 0.2) is 6.61 Å². The number of carbonyl (C=O) groups excluding carboxylic acids is 2. The summed E-state index contributed by atoms with van der Waals surface area (Å²) >= 11 is 12.0. The number of aryl methyl sites for hydroxylation is 1. The van der Waals surface area contributed by atoms with E-state index in [0.717, 1.165) is 11.1 Å². The summed E-state index contributed by atoms with van der Waals surface area (Å²) in [6.45, 7) is 3.67. The Balaban J connectivity index is 2.14. The third-order valence-electron chi connectivity index (χ3n) is 4.13. The highest BCUT2D eigenvalue weighted by Crippen LogP contribution is 2.24. The first-order valence-electron chi connectivity index (χ1n) is 8.46. The Hall–Kier alpha value is -2.24. The molecule has 1 N–H and O–H groups in total. The molecule has 0 radical (unpaired) electrons. The minimum atomic E-state index is -0.668. The first-order chi connectivity index (χ1) is 12.8. The summed E-state index contributed by atoms with van der Waals surface area (Å²) in [7, 11) is 1.53. The fourth-order valence-electron chi connectivity index (χ4n) is 2.49. The number of nitrogens with one attached hydrogen (secondary N) is 1. The van der Waals surface area contributed by atoms with Crippen molar-refractivity contribution in [1.29, 1.82) is 0 Å². The molecule has 0 spiro atoms. The number of halogens is 2. The zero-order chi connectivity index (χ0) is 20.0. The van der Waals surface area contributed by atoms with Gasteiger partial charge in [-0.05, 0) is 43.7 Å². The quantitative estimate of drug-likeness (QED) is 0.756. The Morgan fingerprint density at radius 1 is 1.11 bits per heavy atom. The maximum atomic E-state index is 12.8. The van der Waals surface area contributed by atoms with Gasteiger partial charge in [-0.3, -0.25) is 9.59 Å². The summed E-state index contributed by atoms with van der Waals surface area (Å²) in [6.07, 6.45) is 0. The zero-order valence-corrected chi connectivity index (χ0v) is 17.0. The number of carbonyl (C=O) groups is 2. The normalized spacial score (nSPS) is 11.6. The van der Waals surface area contributed by atoms with Crippen LogP contribution in [0.3, 0.4) is 0 Å². The molecular formula is C20H22Cl2N2O3. The fourth-order valence-corrected chi connectivity index (χ4v) is 2.81. The Kier molecular flexibility index (Phi) is 7.51. The van der Waals surface area contributed by atoms with Gasteiger partial charge in [-0.15, -0.1) is 0 Å².